The van der Waals surface area contributed by atoms with Crippen LogP contribution in [-0.4, -0.2) is 63.7 Å². The van der Waals surface area contributed by atoms with Crippen molar-refractivity contribution in [3.8, 4) is 0 Å². The number of likely N-dealkylation sites (tertiary alicyclic amines) is 1. The highest BCUT2D eigenvalue weighted by molar-refractivity contribution is 4.97. The summed E-state index contributed by atoms with van der Waals surface area (Å²) in [5.41, 5.74) is 0.248. The Kier molecular flexibility index (Phi) is 5.54. The zero-order valence-electron chi connectivity index (χ0n) is 13.5. The van der Waals surface area contributed by atoms with Crippen molar-refractivity contribution < 1.29 is 14.2 Å². The predicted octanol–water partition coefficient (Wildman–Crippen LogP) is 2.32. The molecule has 21 heavy (non-hydrogen) atoms. The van der Waals surface area contributed by atoms with Gasteiger partial charge in [-0.1, -0.05) is 0 Å². The monoisotopic (exact) mass is 297 g/mol. The lowest BCUT2D eigenvalue weighted by atomic mass is 9.72. The van der Waals surface area contributed by atoms with Crippen LogP contribution in [0.4, 0.5) is 0 Å². The quantitative estimate of drug-likeness (QED) is 0.779. The molecule has 0 aromatic heterocycles. The first-order valence-electron chi connectivity index (χ1n) is 8.82. The fraction of sp³-hybridized carbons (Fsp3) is 1.00. The van der Waals surface area contributed by atoms with Gasteiger partial charge in [-0.05, 0) is 44.9 Å². The minimum Gasteiger partial charge on any atom is -0.381 e. The first kappa shape index (κ1) is 15.7. The number of fused-ring (bicyclic) bond motifs is 1. The predicted molar refractivity (Wildman–Crippen MR) is 82.5 cm³/mol. The standard InChI is InChI=1S/C17H31NO3/c1-2-19-14-17-7-3-9-21-16(17)4-8-18(13-17)12-15-5-10-20-11-6-15/h15-16H,2-14H2,1H3/t16-,17-/m0/s1. The number of rotatable bonds is 5. The third-order valence-electron chi connectivity index (χ3n) is 5.52. The van der Waals surface area contributed by atoms with Gasteiger partial charge in [0.1, 0.15) is 0 Å². The van der Waals surface area contributed by atoms with Crippen LogP contribution in [0.1, 0.15) is 39.0 Å². The molecule has 0 unspecified atom stereocenters. The molecule has 122 valence electrons. The van der Waals surface area contributed by atoms with E-state index in [0.717, 1.165) is 45.5 Å². The van der Waals surface area contributed by atoms with E-state index in [1.54, 1.807) is 0 Å². The summed E-state index contributed by atoms with van der Waals surface area (Å²) in [5, 5.41) is 0. The average molecular weight is 297 g/mol. The van der Waals surface area contributed by atoms with Gasteiger partial charge in [-0.25, -0.2) is 0 Å². The Labute approximate surface area is 129 Å². The van der Waals surface area contributed by atoms with E-state index >= 15 is 0 Å². The maximum Gasteiger partial charge on any atom is 0.0677 e. The molecule has 0 amide bonds. The summed E-state index contributed by atoms with van der Waals surface area (Å²) in [6.45, 7) is 10.2. The van der Waals surface area contributed by atoms with E-state index in [2.05, 4.69) is 11.8 Å². The minimum absolute atomic E-state index is 0.248. The molecule has 0 N–H and O–H groups in total. The van der Waals surface area contributed by atoms with Crippen LogP contribution in [0.15, 0.2) is 0 Å². The first-order valence-corrected chi connectivity index (χ1v) is 8.82. The molecule has 4 nitrogen and oxygen atoms in total. The minimum atomic E-state index is 0.248. The Morgan fingerprint density at radius 3 is 2.86 bits per heavy atom. The van der Waals surface area contributed by atoms with Gasteiger partial charge >= 0.3 is 0 Å². The Morgan fingerprint density at radius 1 is 1.19 bits per heavy atom. The van der Waals surface area contributed by atoms with Crippen molar-refractivity contribution >= 4 is 0 Å². The molecule has 0 aromatic rings. The van der Waals surface area contributed by atoms with Crippen LogP contribution in [0.25, 0.3) is 0 Å². The molecule has 0 spiro atoms. The third kappa shape index (κ3) is 3.79. The van der Waals surface area contributed by atoms with E-state index in [1.165, 1.54) is 45.2 Å². The Hall–Kier alpha value is -0.160. The zero-order chi connectivity index (χ0) is 14.5. The van der Waals surface area contributed by atoms with Crippen molar-refractivity contribution in [2.45, 2.75) is 45.1 Å². The Morgan fingerprint density at radius 2 is 2.05 bits per heavy atom. The van der Waals surface area contributed by atoms with Crippen LogP contribution in [0.3, 0.4) is 0 Å². The molecule has 0 aliphatic carbocycles. The molecule has 4 heteroatoms. The summed E-state index contributed by atoms with van der Waals surface area (Å²) < 4.78 is 17.4. The zero-order valence-corrected chi connectivity index (χ0v) is 13.5. The van der Waals surface area contributed by atoms with Gasteiger partial charge in [0.15, 0.2) is 0 Å². The lowest BCUT2D eigenvalue weighted by molar-refractivity contribution is -0.154. The second kappa shape index (κ2) is 7.40. The number of hydrogen-bond donors (Lipinski definition) is 0. The van der Waals surface area contributed by atoms with Gasteiger partial charge in [-0.3, -0.25) is 0 Å². The second-order valence-corrected chi connectivity index (χ2v) is 7.04. The van der Waals surface area contributed by atoms with Crippen molar-refractivity contribution in [3.63, 3.8) is 0 Å². The highest BCUT2D eigenvalue weighted by atomic mass is 16.5. The van der Waals surface area contributed by atoms with Gasteiger partial charge in [0.2, 0.25) is 0 Å². The topological polar surface area (TPSA) is 30.9 Å². The number of nitrogens with zero attached hydrogens (tertiary/aromatic N) is 1. The number of ether oxygens (including phenoxy) is 3. The Balaban J connectivity index is 1.60. The molecule has 3 heterocycles. The van der Waals surface area contributed by atoms with E-state index in [4.69, 9.17) is 14.2 Å². The molecule has 2 atom stereocenters. The van der Waals surface area contributed by atoms with Gasteiger partial charge in [0, 0.05) is 51.5 Å². The van der Waals surface area contributed by atoms with Crippen molar-refractivity contribution in [2.24, 2.45) is 11.3 Å². The number of piperidine rings is 1. The molecule has 0 aromatic carbocycles. The van der Waals surface area contributed by atoms with E-state index in [-0.39, 0.29) is 5.41 Å². The fourth-order valence-corrected chi connectivity index (χ4v) is 4.35. The molecule has 3 rings (SSSR count). The molecule has 3 saturated heterocycles. The van der Waals surface area contributed by atoms with Crippen LogP contribution in [0.2, 0.25) is 0 Å². The lowest BCUT2D eigenvalue weighted by Crippen LogP contribution is -2.57. The maximum absolute atomic E-state index is 6.09. The fourth-order valence-electron chi connectivity index (χ4n) is 4.35. The third-order valence-corrected chi connectivity index (χ3v) is 5.52. The van der Waals surface area contributed by atoms with Crippen LogP contribution in [0.5, 0.6) is 0 Å². The van der Waals surface area contributed by atoms with E-state index in [1.807, 2.05) is 0 Å². The summed E-state index contributed by atoms with van der Waals surface area (Å²) in [5.74, 6) is 0.823. The average Bonchev–Trinajstić information content (AvgIpc) is 2.54. The summed E-state index contributed by atoms with van der Waals surface area (Å²) in [6, 6.07) is 0. The van der Waals surface area contributed by atoms with E-state index in [9.17, 15) is 0 Å². The van der Waals surface area contributed by atoms with Crippen molar-refractivity contribution in [3.05, 3.63) is 0 Å². The molecule has 0 saturated carbocycles. The molecular weight excluding hydrogens is 266 g/mol. The molecule has 0 radical (unpaired) electrons. The summed E-state index contributed by atoms with van der Waals surface area (Å²) in [6.07, 6.45) is 6.51. The van der Waals surface area contributed by atoms with Gasteiger partial charge in [0.25, 0.3) is 0 Å². The summed E-state index contributed by atoms with van der Waals surface area (Å²) in [7, 11) is 0. The Bertz CT molecular complexity index is 319. The highest BCUT2D eigenvalue weighted by Gasteiger charge is 2.46. The van der Waals surface area contributed by atoms with Gasteiger partial charge in [0.05, 0.1) is 12.7 Å². The van der Waals surface area contributed by atoms with Crippen molar-refractivity contribution in [2.75, 3.05) is 52.7 Å². The van der Waals surface area contributed by atoms with Crippen LogP contribution in [-0.2, 0) is 14.2 Å². The summed E-state index contributed by atoms with van der Waals surface area (Å²) >= 11 is 0. The van der Waals surface area contributed by atoms with Gasteiger partial charge in [-0.15, -0.1) is 0 Å². The first-order chi connectivity index (χ1) is 10.3. The second-order valence-electron chi connectivity index (χ2n) is 7.04. The smallest absolute Gasteiger partial charge is 0.0677 e. The molecule has 0 bridgehead atoms. The SMILES string of the molecule is CCOC[C@@]12CCCO[C@H]1CCN(CC1CCOCC1)C2. The summed E-state index contributed by atoms with van der Waals surface area (Å²) in [4.78, 5) is 2.68. The molecule has 3 aliphatic rings. The van der Waals surface area contributed by atoms with Crippen LogP contribution >= 0.6 is 0 Å². The van der Waals surface area contributed by atoms with E-state index in [0.29, 0.717) is 6.10 Å². The van der Waals surface area contributed by atoms with Crippen molar-refractivity contribution in [1.29, 1.82) is 0 Å². The number of hydrogen-bond acceptors (Lipinski definition) is 4. The molecular formula is C17H31NO3. The van der Waals surface area contributed by atoms with Gasteiger partial charge < -0.3 is 19.1 Å². The largest absolute Gasteiger partial charge is 0.381 e. The maximum atomic E-state index is 6.09. The van der Waals surface area contributed by atoms with Crippen LogP contribution in [0, 0.1) is 11.3 Å². The molecule has 3 aliphatic heterocycles. The van der Waals surface area contributed by atoms with Gasteiger partial charge in [-0.2, -0.15) is 0 Å². The molecule has 3 fully saturated rings. The normalized spacial score (nSPS) is 35.6. The lowest BCUT2D eigenvalue weighted by Gasteiger charge is -2.51. The van der Waals surface area contributed by atoms with Crippen molar-refractivity contribution in [1.82, 2.24) is 4.90 Å². The van der Waals surface area contributed by atoms with E-state index < -0.39 is 0 Å². The van der Waals surface area contributed by atoms with Crippen LogP contribution < -0.4 is 0 Å². The highest BCUT2D eigenvalue weighted by Crippen LogP contribution is 2.40.